The van der Waals surface area contributed by atoms with Crippen molar-refractivity contribution in [3.05, 3.63) is 29.3 Å². The van der Waals surface area contributed by atoms with Crippen LogP contribution in [0.15, 0.2) is 18.2 Å². The molecule has 1 rings (SSSR count). The van der Waals surface area contributed by atoms with Gasteiger partial charge in [-0.3, -0.25) is 4.79 Å². The first-order valence-corrected chi connectivity index (χ1v) is 6.98. The number of methoxy groups -OCH3 is 1. The third-order valence-corrected chi connectivity index (χ3v) is 3.64. The molecule has 0 saturated heterocycles. The molecule has 7 heteroatoms. The van der Waals surface area contributed by atoms with Gasteiger partial charge >= 0.3 is 6.18 Å². The number of alkyl halides is 3. The average Bonchev–Trinajstić information content (AvgIpc) is 2.49. The van der Waals surface area contributed by atoms with E-state index in [1.807, 2.05) is 13.8 Å². The Morgan fingerprint density at radius 2 is 2.05 bits per heavy atom. The minimum atomic E-state index is -4.52. The molecule has 1 aromatic carbocycles. The van der Waals surface area contributed by atoms with Gasteiger partial charge in [-0.2, -0.15) is 13.2 Å². The Morgan fingerprint density at radius 3 is 2.55 bits per heavy atom. The summed E-state index contributed by atoms with van der Waals surface area (Å²) >= 11 is 0. The summed E-state index contributed by atoms with van der Waals surface area (Å²) in [7, 11) is 1.29. The molecule has 1 aromatic rings. The van der Waals surface area contributed by atoms with E-state index in [0.29, 0.717) is 6.42 Å². The first kappa shape index (κ1) is 18.3. The first-order valence-electron chi connectivity index (χ1n) is 6.98. The molecule has 3 N–H and O–H groups in total. The fourth-order valence-electron chi connectivity index (χ4n) is 1.91. The first-order chi connectivity index (χ1) is 10.2. The quantitative estimate of drug-likeness (QED) is 0.847. The number of nitrogens with one attached hydrogen (secondary N) is 1. The Labute approximate surface area is 127 Å². The van der Waals surface area contributed by atoms with Gasteiger partial charge in [-0.1, -0.05) is 26.3 Å². The maximum absolute atomic E-state index is 13.0. The van der Waals surface area contributed by atoms with Crippen molar-refractivity contribution < 1.29 is 22.7 Å². The molecule has 0 aliphatic heterocycles. The van der Waals surface area contributed by atoms with Crippen LogP contribution in [0.3, 0.4) is 0 Å². The number of amides is 1. The summed E-state index contributed by atoms with van der Waals surface area (Å²) in [5.41, 5.74) is 4.89. The number of halogens is 3. The van der Waals surface area contributed by atoms with Crippen LogP contribution in [0, 0.1) is 5.92 Å². The number of ether oxygens (including phenoxy) is 1. The van der Waals surface area contributed by atoms with Gasteiger partial charge in [0.1, 0.15) is 5.75 Å². The third-order valence-electron chi connectivity index (χ3n) is 3.64. The zero-order valence-corrected chi connectivity index (χ0v) is 12.8. The predicted octanol–water partition coefficient (Wildman–Crippen LogP) is 2.70. The zero-order valence-electron chi connectivity index (χ0n) is 12.8. The normalized spacial score (nSPS) is 14.3. The Balaban J connectivity index is 2.88. The second-order valence-corrected chi connectivity index (χ2v) is 5.15. The van der Waals surface area contributed by atoms with Gasteiger partial charge in [-0.05, 0) is 23.6 Å². The van der Waals surface area contributed by atoms with Crippen LogP contribution < -0.4 is 15.8 Å². The topological polar surface area (TPSA) is 64.4 Å². The molecule has 2 unspecified atom stereocenters. The Kier molecular flexibility index (Phi) is 6.22. The summed E-state index contributed by atoms with van der Waals surface area (Å²) in [6, 6.07) is 2.88. The molecular weight excluding hydrogens is 297 g/mol. The number of rotatable bonds is 6. The van der Waals surface area contributed by atoms with Crippen molar-refractivity contribution in [3.8, 4) is 5.75 Å². The minimum Gasteiger partial charge on any atom is -0.497 e. The highest BCUT2D eigenvalue weighted by atomic mass is 19.4. The molecular formula is C15H21F3N2O2. The van der Waals surface area contributed by atoms with E-state index in [0.717, 1.165) is 6.07 Å². The van der Waals surface area contributed by atoms with Crippen molar-refractivity contribution in [1.82, 2.24) is 5.32 Å². The Morgan fingerprint density at radius 1 is 1.41 bits per heavy atom. The van der Waals surface area contributed by atoms with E-state index in [4.69, 9.17) is 10.5 Å². The second-order valence-electron chi connectivity index (χ2n) is 5.15. The molecule has 0 aliphatic carbocycles. The maximum atomic E-state index is 13.0. The summed E-state index contributed by atoms with van der Waals surface area (Å²) in [6.45, 7) is 3.48. The highest BCUT2D eigenvalue weighted by molar-refractivity contribution is 5.81. The fourth-order valence-corrected chi connectivity index (χ4v) is 1.91. The van der Waals surface area contributed by atoms with Crippen LogP contribution in [0.4, 0.5) is 13.2 Å². The van der Waals surface area contributed by atoms with Gasteiger partial charge in [0.15, 0.2) is 0 Å². The molecule has 22 heavy (non-hydrogen) atoms. The number of carbonyl (C=O) groups is 1. The van der Waals surface area contributed by atoms with E-state index >= 15 is 0 Å². The molecule has 1 amide bonds. The Bertz CT molecular complexity index is 518. The minimum absolute atomic E-state index is 0.0296. The van der Waals surface area contributed by atoms with Gasteiger partial charge in [0.25, 0.3) is 0 Å². The van der Waals surface area contributed by atoms with E-state index in [-0.39, 0.29) is 23.8 Å². The van der Waals surface area contributed by atoms with Crippen LogP contribution >= 0.6 is 0 Å². The highest BCUT2D eigenvalue weighted by Gasteiger charge is 2.34. The van der Waals surface area contributed by atoms with Gasteiger partial charge in [-0.15, -0.1) is 0 Å². The molecule has 4 nitrogen and oxygen atoms in total. The smallest absolute Gasteiger partial charge is 0.416 e. The van der Waals surface area contributed by atoms with Crippen molar-refractivity contribution in [2.24, 2.45) is 11.7 Å². The summed E-state index contributed by atoms with van der Waals surface area (Å²) in [5, 5.41) is 2.46. The van der Waals surface area contributed by atoms with Gasteiger partial charge in [0, 0.05) is 6.54 Å². The van der Waals surface area contributed by atoms with E-state index in [1.54, 1.807) is 0 Å². The summed E-state index contributed by atoms with van der Waals surface area (Å²) in [4.78, 5) is 11.9. The standard InChI is InChI=1S/C15H21F3N2O2/c1-4-9(2)13(19)14(21)20-8-10-5-6-11(22-3)7-12(10)15(16,17)18/h5-7,9,13H,4,8,19H2,1-3H3,(H,20,21). The van der Waals surface area contributed by atoms with Crippen molar-refractivity contribution in [2.45, 2.75) is 39.0 Å². The monoisotopic (exact) mass is 318 g/mol. The molecule has 0 spiro atoms. The number of nitrogens with two attached hydrogens (primary N) is 1. The zero-order chi connectivity index (χ0) is 16.9. The van der Waals surface area contributed by atoms with Gasteiger partial charge in [0.2, 0.25) is 5.91 Å². The van der Waals surface area contributed by atoms with E-state index in [9.17, 15) is 18.0 Å². The van der Waals surface area contributed by atoms with E-state index in [1.165, 1.54) is 19.2 Å². The van der Waals surface area contributed by atoms with Crippen LogP contribution in [-0.2, 0) is 17.5 Å². The van der Waals surface area contributed by atoms with Gasteiger partial charge < -0.3 is 15.8 Å². The lowest BCUT2D eigenvalue weighted by atomic mass is 9.99. The molecule has 0 saturated carbocycles. The molecule has 0 aromatic heterocycles. The van der Waals surface area contributed by atoms with Crippen LogP contribution in [0.2, 0.25) is 0 Å². The van der Waals surface area contributed by atoms with Crippen LogP contribution in [-0.4, -0.2) is 19.1 Å². The molecule has 0 fully saturated rings. The Hall–Kier alpha value is -1.76. The molecule has 2 atom stereocenters. The van der Waals surface area contributed by atoms with Crippen molar-refractivity contribution >= 4 is 5.91 Å². The van der Waals surface area contributed by atoms with Crippen molar-refractivity contribution in [3.63, 3.8) is 0 Å². The molecule has 0 bridgehead atoms. The molecule has 0 heterocycles. The van der Waals surface area contributed by atoms with E-state index in [2.05, 4.69) is 5.32 Å². The summed E-state index contributed by atoms with van der Waals surface area (Å²) in [5.74, 6) is -0.394. The number of benzene rings is 1. The summed E-state index contributed by atoms with van der Waals surface area (Å²) < 4.78 is 43.9. The van der Waals surface area contributed by atoms with Crippen molar-refractivity contribution in [1.29, 1.82) is 0 Å². The highest BCUT2D eigenvalue weighted by Crippen LogP contribution is 2.34. The van der Waals surface area contributed by atoms with Gasteiger partial charge in [-0.25, -0.2) is 0 Å². The second kappa shape index (κ2) is 7.49. The SMILES string of the molecule is CCC(C)C(N)C(=O)NCc1ccc(OC)cc1C(F)(F)F. The number of carbonyl (C=O) groups excluding carboxylic acids is 1. The lowest BCUT2D eigenvalue weighted by molar-refractivity contribution is -0.138. The van der Waals surface area contributed by atoms with E-state index < -0.39 is 23.7 Å². The lowest BCUT2D eigenvalue weighted by Gasteiger charge is -2.19. The fraction of sp³-hybridized carbons (Fsp3) is 0.533. The number of hydrogen-bond acceptors (Lipinski definition) is 3. The molecule has 124 valence electrons. The predicted molar refractivity (Wildman–Crippen MR) is 77.3 cm³/mol. The average molecular weight is 318 g/mol. The molecule has 0 radical (unpaired) electrons. The third kappa shape index (κ3) is 4.62. The largest absolute Gasteiger partial charge is 0.497 e. The van der Waals surface area contributed by atoms with Crippen molar-refractivity contribution in [2.75, 3.05) is 7.11 Å². The maximum Gasteiger partial charge on any atom is 0.416 e. The number of hydrogen-bond donors (Lipinski definition) is 2. The van der Waals surface area contributed by atoms with Gasteiger partial charge in [0.05, 0.1) is 18.7 Å². The van der Waals surface area contributed by atoms with Crippen LogP contribution in [0.25, 0.3) is 0 Å². The summed E-state index contributed by atoms with van der Waals surface area (Å²) in [6.07, 6.45) is -3.81. The molecule has 0 aliphatic rings. The van der Waals surface area contributed by atoms with Crippen LogP contribution in [0.5, 0.6) is 5.75 Å². The van der Waals surface area contributed by atoms with Crippen LogP contribution in [0.1, 0.15) is 31.4 Å². The lowest BCUT2D eigenvalue weighted by Crippen LogP contribution is -2.44.